The molecule has 0 fully saturated rings. The van der Waals surface area contributed by atoms with E-state index in [9.17, 15) is 0 Å². The van der Waals surface area contributed by atoms with Gasteiger partial charge in [0, 0.05) is 27.5 Å². The predicted molar refractivity (Wildman–Crippen MR) is 312 cm³/mol. The lowest BCUT2D eigenvalue weighted by molar-refractivity contribution is 0.652. The molecule has 0 radical (unpaired) electrons. The number of hydrogen-bond acceptors (Lipinski definition) is 1. The van der Waals surface area contributed by atoms with Gasteiger partial charge in [-0.25, -0.2) is 0 Å². The summed E-state index contributed by atoms with van der Waals surface area (Å²) in [5.41, 5.74) is 26.9. The lowest BCUT2D eigenvalue weighted by atomic mass is 9.78. The molecule has 1 atom stereocenters. The van der Waals surface area contributed by atoms with Crippen molar-refractivity contribution in [1.29, 1.82) is 0 Å². The van der Waals surface area contributed by atoms with Gasteiger partial charge in [-0.15, -0.1) is 0 Å². The maximum atomic E-state index is 6.61. The summed E-state index contributed by atoms with van der Waals surface area (Å²) >= 11 is 0. The summed E-state index contributed by atoms with van der Waals surface area (Å²) in [5.74, 6) is 0.305. The molecule has 1 heteroatoms. The van der Waals surface area contributed by atoms with Crippen LogP contribution in [0, 0.1) is 0 Å². The van der Waals surface area contributed by atoms with Gasteiger partial charge in [0.15, 0.2) is 0 Å². The quantitative estimate of drug-likeness (QED) is 0.141. The maximum Gasteiger partial charge on any atom is 0.136 e. The number of rotatable bonds is 9. The van der Waals surface area contributed by atoms with E-state index in [0.717, 1.165) is 47.6 Å². The lowest BCUT2D eigenvalue weighted by Gasteiger charge is -2.26. The highest BCUT2D eigenvalue weighted by Crippen LogP contribution is 2.60. The number of aryl methyl sites for hydroxylation is 1. The van der Waals surface area contributed by atoms with Crippen molar-refractivity contribution in [3.8, 4) is 55.6 Å². The molecule has 0 spiro atoms. The lowest BCUT2D eigenvalue weighted by Crippen LogP contribution is -2.17. The third kappa shape index (κ3) is 7.12. The monoisotopic (exact) mass is 950 g/mol. The fourth-order valence-corrected chi connectivity index (χ4v) is 13.4. The average molecular weight is 951 g/mol. The van der Waals surface area contributed by atoms with Gasteiger partial charge in [0.2, 0.25) is 0 Å². The van der Waals surface area contributed by atoms with Crippen LogP contribution in [0.1, 0.15) is 91.8 Å². The first kappa shape index (κ1) is 44.4. The molecule has 3 aliphatic carbocycles. The normalized spacial score (nSPS) is 15.4. The molecule has 10 aromatic carbocycles. The summed E-state index contributed by atoms with van der Waals surface area (Å²) < 4.78 is 6.61. The number of allylic oxidation sites excluding steroid dienone is 4. The summed E-state index contributed by atoms with van der Waals surface area (Å²) in [5, 5.41) is 4.97. The molecule has 1 heterocycles. The summed E-state index contributed by atoms with van der Waals surface area (Å²) in [6.45, 7) is 9.74. The number of furan rings is 1. The van der Waals surface area contributed by atoms with Crippen LogP contribution < -0.4 is 0 Å². The number of fused-ring (bicyclic) bond motifs is 10. The number of para-hydroxylation sites is 1. The van der Waals surface area contributed by atoms with Crippen molar-refractivity contribution in [2.75, 3.05) is 0 Å². The van der Waals surface area contributed by atoms with Crippen molar-refractivity contribution in [2.24, 2.45) is 0 Å². The number of hydrogen-bond donors (Lipinski definition) is 0. The molecule has 1 nitrogen and oxygen atoms in total. The second-order valence-electron chi connectivity index (χ2n) is 22.2. The van der Waals surface area contributed by atoms with Crippen molar-refractivity contribution >= 4 is 38.3 Å². The first-order valence-corrected chi connectivity index (χ1v) is 26.7. The summed E-state index contributed by atoms with van der Waals surface area (Å²) in [6.07, 6.45) is 8.95. The highest BCUT2D eigenvalue weighted by Gasteiger charge is 2.43. The van der Waals surface area contributed by atoms with Gasteiger partial charge in [-0.2, -0.15) is 0 Å². The average Bonchev–Trinajstić information content (AvgIpc) is 4.13. The van der Waals surface area contributed by atoms with E-state index in [1.54, 1.807) is 0 Å². The van der Waals surface area contributed by atoms with Crippen LogP contribution in [0.4, 0.5) is 0 Å². The Balaban J connectivity index is 0.891. The largest absolute Gasteiger partial charge is 0.456 e. The van der Waals surface area contributed by atoms with Crippen LogP contribution in [-0.2, 0) is 17.3 Å². The molecule has 356 valence electrons. The number of benzene rings is 10. The van der Waals surface area contributed by atoms with E-state index in [4.69, 9.17) is 4.42 Å². The zero-order chi connectivity index (χ0) is 49.7. The SMILES string of the molecule is CC1(C)c2cc3c(cc2-c2c(-c4ccccc4)cccc21)C(C)(C)c1cc(-c2cccc(CCC(C4=CC=C(c5ccccc5)CC4)c4cccc5ccccc45)c2)cc(-c2ccc4c(c2)oc2ccccc24)c1-3. The third-order valence-electron chi connectivity index (χ3n) is 17.3. The van der Waals surface area contributed by atoms with Crippen LogP contribution in [0.25, 0.3) is 93.9 Å². The summed E-state index contributed by atoms with van der Waals surface area (Å²) in [4.78, 5) is 0. The Labute approximate surface area is 435 Å². The van der Waals surface area contributed by atoms with Crippen LogP contribution in [0.5, 0.6) is 0 Å². The van der Waals surface area contributed by atoms with E-state index in [-0.39, 0.29) is 10.8 Å². The molecule has 0 aliphatic heterocycles. The van der Waals surface area contributed by atoms with Gasteiger partial charge in [0.25, 0.3) is 0 Å². The van der Waals surface area contributed by atoms with Crippen LogP contribution >= 0.6 is 0 Å². The molecule has 0 N–H and O–H groups in total. The molecule has 0 saturated heterocycles. The van der Waals surface area contributed by atoms with Gasteiger partial charge >= 0.3 is 0 Å². The molecule has 0 bridgehead atoms. The van der Waals surface area contributed by atoms with E-state index in [1.807, 2.05) is 0 Å². The molecular weight excluding hydrogens is 893 g/mol. The minimum absolute atomic E-state index is 0.174. The molecule has 1 aromatic heterocycles. The Morgan fingerprint density at radius 2 is 1.05 bits per heavy atom. The Morgan fingerprint density at radius 3 is 1.84 bits per heavy atom. The minimum Gasteiger partial charge on any atom is -0.456 e. The van der Waals surface area contributed by atoms with E-state index in [2.05, 4.69) is 252 Å². The molecule has 14 rings (SSSR count). The first-order chi connectivity index (χ1) is 36.2. The van der Waals surface area contributed by atoms with Crippen LogP contribution in [-0.4, -0.2) is 0 Å². The zero-order valence-electron chi connectivity index (χ0n) is 42.7. The van der Waals surface area contributed by atoms with Gasteiger partial charge in [-0.3, -0.25) is 0 Å². The fourth-order valence-electron chi connectivity index (χ4n) is 13.4. The minimum atomic E-state index is -0.270. The van der Waals surface area contributed by atoms with Crippen molar-refractivity contribution < 1.29 is 4.42 Å². The molecule has 0 amide bonds. The highest BCUT2D eigenvalue weighted by molar-refractivity contribution is 6.07. The molecule has 11 aromatic rings. The zero-order valence-corrected chi connectivity index (χ0v) is 42.7. The topological polar surface area (TPSA) is 13.1 Å². The standard InChI is InChI=1S/C73H58O/c1-72(2)64-30-17-28-57(50-21-9-6-10-22-50)70(64)62-44-66-63(45-65(62)72)71-61(53-37-39-60-59-27-13-14-31-68(59)74-69(60)43-53)41-54(42-67(71)73(66,3)4)52-25-15-18-46(40-52)32-38-56(58-29-16-24-49-23-11-12-26-55(49)58)51-35-33-48(34-36-51)47-19-7-5-8-20-47/h5-31,33,35,37,39-45,56H,32,34,36,38H2,1-4H3. The van der Waals surface area contributed by atoms with E-state index in [1.165, 1.54) is 116 Å². The third-order valence-corrected chi connectivity index (χ3v) is 17.3. The van der Waals surface area contributed by atoms with Crippen molar-refractivity contribution in [3.63, 3.8) is 0 Å². The summed E-state index contributed by atoms with van der Waals surface area (Å²) in [6, 6.07) is 79.5. The molecular formula is C73H58O. The van der Waals surface area contributed by atoms with E-state index >= 15 is 0 Å². The van der Waals surface area contributed by atoms with Gasteiger partial charge < -0.3 is 4.42 Å². The smallest absolute Gasteiger partial charge is 0.136 e. The van der Waals surface area contributed by atoms with E-state index < -0.39 is 0 Å². The first-order valence-electron chi connectivity index (χ1n) is 26.7. The van der Waals surface area contributed by atoms with Crippen LogP contribution in [0.3, 0.4) is 0 Å². The van der Waals surface area contributed by atoms with Gasteiger partial charge in [0.05, 0.1) is 0 Å². The second kappa shape index (κ2) is 17.2. The Bertz CT molecular complexity index is 4110. The molecule has 3 aliphatic rings. The van der Waals surface area contributed by atoms with Crippen molar-refractivity contribution in [1.82, 2.24) is 0 Å². The van der Waals surface area contributed by atoms with Gasteiger partial charge in [-0.05, 0) is 179 Å². The van der Waals surface area contributed by atoms with Crippen LogP contribution in [0.2, 0.25) is 0 Å². The van der Waals surface area contributed by atoms with Crippen molar-refractivity contribution in [3.05, 3.63) is 269 Å². The predicted octanol–water partition coefficient (Wildman–Crippen LogP) is 19.9. The Morgan fingerprint density at radius 1 is 0.405 bits per heavy atom. The van der Waals surface area contributed by atoms with Gasteiger partial charge in [0.1, 0.15) is 11.2 Å². The summed E-state index contributed by atoms with van der Waals surface area (Å²) in [7, 11) is 0. The second-order valence-corrected chi connectivity index (χ2v) is 22.2. The highest BCUT2D eigenvalue weighted by atomic mass is 16.3. The maximum absolute atomic E-state index is 6.61. The van der Waals surface area contributed by atoms with E-state index in [0.29, 0.717) is 5.92 Å². The fraction of sp³-hybridized carbons (Fsp3) is 0.151. The molecule has 1 unspecified atom stereocenters. The van der Waals surface area contributed by atoms with Gasteiger partial charge in [-0.1, -0.05) is 215 Å². The Kier molecular flexibility index (Phi) is 10.3. The molecule has 0 saturated carbocycles. The molecule has 74 heavy (non-hydrogen) atoms. The van der Waals surface area contributed by atoms with Crippen molar-refractivity contribution in [2.45, 2.75) is 70.1 Å². The van der Waals surface area contributed by atoms with Crippen LogP contribution in [0.15, 0.2) is 234 Å². The Hall–Kier alpha value is -8.26.